The molecule has 8 nitrogen and oxygen atoms in total. The molecule has 0 spiro atoms. The molecule has 8 heteroatoms. The van der Waals surface area contributed by atoms with Crippen LogP contribution in [0.15, 0.2) is 24.3 Å². The van der Waals surface area contributed by atoms with Crippen molar-refractivity contribution in [2.24, 2.45) is 5.92 Å². The SMILES string of the molecule is COc1ccc([C@@H]2OC[C@H]3O[C@H](OC)[C@H](O)[C@@H](OC(=O)C(C)C)[C@@H]3O2)cc1. The van der Waals surface area contributed by atoms with Crippen molar-refractivity contribution in [3.8, 4) is 5.75 Å². The Morgan fingerprint density at radius 3 is 2.48 bits per heavy atom. The average Bonchev–Trinajstić information content (AvgIpc) is 2.69. The Balaban J connectivity index is 1.79. The van der Waals surface area contributed by atoms with Crippen molar-refractivity contribution < 1.29 is 38.3 Å². The molecule has 2 fully saturated rings. The Morgan fingerprint density at radius 1 is 1.19 bits per heavy atom. The van der Waals surface area contributed by atoms with Gasteiger partial charge in [0.2, 0.25) is 0 Å². The Bertz CT molecular complexity index is 631. The predicted octanol–water partition coefficient (Wildman–Crippen LogP) is 1.41. The average molecular weight is 382 g/mol. The lowest BCUT2D eigenvalue weighted by molar-refractivity contribution is -0.359. The van der Waals surface area contributed by atoms with Crippen LogP contribution in [-0.4, -0.2) is 62.6 Å². The maximum absolute atomic E-state index is 12.1. The molecule has 27 heavy (non-hydrogen) atoms. The highest BCUT2D eigenvalue weighted by atomic mass is 16.8. The van der Waals surface area contributed by atoms with Crippen LogP contribution in [0.3, 0.4) is 0 Å². The second kappa shape index (κ2) is 8.53. The van der Waals surface area contributed by atoms with Gasteiger partial charge in [0.05, 0.1) is 19.6 Å². The molecular weight excluding hydrogens is 356 g/mol. The van der Waals surface area contributed by atoms with Crippen LogP contribution in [0.1, 0.15) is 25.7 Å². The molecule has 2 aliphatic rings. The van der Waals surface area contributed by atoms with E-state index in [0.717, 1.165) is 11.3 Å². The van der Waals surface area contributed by atoms with Crippen molar-refractivity contribution in [1.82, 2.24) is 0 Å². The monoisotopic (exact) mass is 382 g/mol. The Morgan fingerprint density at radius 2 is 1.89 bits per heavy atom. The molecule has 6 atom stereocenters. The minimum atomic E-state index is -1.17. The molecule has 0 aliphatic carbocycles. The van der Waals surface area contributed by atoms with E-state index in [-0.39, 0.29) is 12.5 Å². The van der Waals surface area contributed by atoms with Gasteiger partial charge in [0, 0.05) is 12.7 Å². The normalized spacial score (nSPS) is 33.4. The summed E-state index contributed by atoms with van der Waals surface area (Å²) in [6.07, 6.45) is -4.91. The Labute approximate surface area is 158 Å². The maximum atomic E-state index is 12.1. The molecule has 0 unspecified atom stereocenters. The quantitative estimate of drug-likeness (QED) is 0.764. The minimum absolute atomic E-state index is 0.212. The summed E-state index contributed by atoms with van der Waals surface area (Å²) in [5.41, 5.74) is 0.784. The first kappa shape index (κ1) is 20.0. The summed E-state index contributed by atoms with van der Waals surface area (Å²) in [6, 6.07) is 7.27. The number of carbonyl (C=O) groups excluding carboxylic acids is 1. The smallest absolute Gasteiger partial charge is 0.308 e. The lowest BCUT2D eigenvalue weighted by Crippen LogP contribution is -2.63. The molecule has 2 aliphatic heterocycles. The molecule has 1 aromatic carbocycles. The second-order valence-electron chi connectivity index (χ2n) is 6.86. The highest BCUT2D eigenvalue weighted by Gasteiger charge is 2.51. The zero-order valence-electron chi connectivity index (χ0n) is 15.9. The standard InChI is InChI=1S/C19H26O8/c1-10(2)17(21)26-16-14(20)19(23-4)25-13-9-24-18(27-15(13)16)11-5-7-12(22-3)8-6-11/h5-8,10,13-16,18-20H,9H2,1-4H3/t13-,14-,15-,16-,18-,19+/m1/s1. The van der Waals surface area contributed by atoms with Gasteiger partial charge in [-0.05, 0) is 12.1 Å². The van der Waals surface area contributed by atoms with Crippen molar-refractivity contribution in [3.63, 3.8) is 0 Å². The molecule has 1 aromatic rings. The van der Waals surface area contributed by atoms with Crippen molar-refractivity contribution in [1.29, 1.82) is 0 Å². The second-order valence-corrected chi connectivity index (χ2v) is 6.86. The predicted molar refractivity (Wildman–Crippen MR) is 93.0 cm³/mol. The number of methoxy groups -OCH3 is 2. The lowest BCUT2D eigenvalue weighted by atomic mass is 9.97. The highest BCUT2D eigenvalue weighted by Crippen LogP contribution is 2.36. The van der Waals surface area contributed by atoms with Crippen LogP contribution in [0.5, 0.6) is 5.75 Å². The Hall–Kier alpha value is -1.71. The van der Waals surface area contributed by atoms with E-state index in [1.807, 2.05) is 12.1 Å². The number of aliphatic hydroxyl groups is 1. The third kappa shape index (κ3) is 4.25. The number of fused-ring (bicyclic) bond motifs is 1. The summed E-state index contributed by atoms with van der Waals surface area (Å²) in [4.78, 5) is 12.1. The fourth-order valence-corrected chi connectivity index (χ4v) is 3.09. The zero-order valence-corrected chi connectivity index (χ0v) is 15.9. The number of rotatable bonds is 5. The van der Waals surface area contributed by atoms with E-state index in [1.54, 1.807) is 33.1 Å². The van der Waals surface area contributed by atoms with Crippen LogP contribution < -0.4 is 4.74 Å². The summed E-state index contributed by atoms with van der Waals surface area (Å²) >= 11 is 0. The third-order valence-corrected chi connectivity index (χ3v) is 4.65. The van der Waals surface area contributed by atoms with E-state index in [2.05, 4.69) is 0 Å². The van der Waals surface area contributed by atoms with E-state index in [4.69, 9.17) is 28.4 Å². The lowest BCUT2D eigenvalue weighted by Gasteiger charge is -2.47. The number of aliphatic hydroxyl groups excluding tert-OH is 1. The van der Waals surface area contributed by atoms with Crippen LogP contribution in [0.4, 0.5) is 0 Å². The molecule has 0 saturated carbocycles. The van der Waals surface area contributed by atoms with E-state index in [9.17, 15) is 9.90 Å². The van der Waals surface area contributed by atoms with Crippen molar-refractivity contribution in [2.75, 3.05) is 20.8 Å². The molecule has 0 aromatic heterocycles. The third-order valence-electron chi connectivity index (χ3n) is 4.65. The van der Waals surface area contributed by atoms with Gasteiger partial charge in [0.25, 0.3) is 0 Å². The molecule has 0 amide bonds. The van der Waals surface area contributed by atoms with E-state index < -0.39 is 43.0 Å². The summed E-state index contributed by atoms with van der Waals surface area (Å²) in [7, 11) is 3.01. The molecule has 2 heterocycles. The minimum Gasteiger partial charge on any atom is -0.497 e. The summed E-state index contributed by atoms with van der Waals surface area (Å²) in [6.45, 7) is 3.67. The van der Waals surface area contributed by atoms with Gasteiger partial charge in [-0.15, -0.1) is 0 Å². The number of benzene rings is 1. The number of carbonyl (C=O) groups is 1. The van der Waals surface area contributed by atoms with E-state index in [1.165, 1.54) is 7.11 Å². The highest BCUT2D eigenvalue weighted by molar-refractivity contribution is 5.71. The summed E-state index contributed by atoms with van der Waals surface area (Å²) in [5, 5.41) is 10.6. The van der Waals surface area contributed by atoms with Gasteiger partial charge in [-0.3, -0.25) is 4.79 Å². The van der Waals surface area contributed by atoms with Crippen molar-refractivity contribution in [3.05, 3.63) is 29.8 Å². The first-order valence-corrected chi connectivity index (χ1v) is 8.92. The number of ether oxygens (including phenoxy) is 6. The van der Waals surface area contributed by atoms with Crippen LogP contribution in [0, 0.1) is 5.92 Å². The van der Waals surface area contributed by atoms with Gasteiger partial charge in [-0.25, -0.2) is 0 Å². The molecule has 0 bridgehead atoms. The van der Waals surface area contributed by atoms with E-state index in [0.29, 0.717) is 0 Å². The molecule has 2 saturated heterocycles. The van der Waals surface area contributed by atoms with Gasteiger partial charge in [0.1, 0.15) is 24.1 Å². The molecule has 0 radical (unpaired) electrons. The van der Waals surface area contributed by atoms with Gasteiger partial charge in [-0.2, -0.15) is 0 Å². The van der Waals surface area contributed by atoms with E-state index >= 15 is 0 Å². The van der Waals surface area contributed by atoms with Crippen molar-refractivity contribution >= 4 is 5.97 Å². The fourth-order valence-electron chi connectivity index (χ4n) is 3.09. The van der Waals surface area contributed by atoms with Gasteiger partial charge >= 0.3 is 5.97 Å². The topological polar surface area (TPSA) is 92.7 Å². The number of hydrogen-bond acceptors (Lipinski definition) is 8. The van der Waals surface area contributed by atoms with Gasteiger partial charge in [0.15, 0.2) is 18.7 Å². The summed E-state index contributed by atoms with van der Waals surface area (Å²) in [5.74, 6) is -0.0436. The first-order chi connectivity index (χ1) is 12.9. The molecule has 150 valence electrons. The Kier molecular flexibility index (Phi) is 6.33. The molecule has 1 N–H and O–H groups in total. The molecule has 3 rings (SSSR count). The van der Waals surface area contributed by atoms with Crippen LogP contribution >= 0.6 is 0 Å². The van der Waals surface area contributed by atoms with Crippen LogP contribution in [-0.2, 0) is 28.5 Å². The fraction of sp³-hybridized carbons (Fsp3) is 0.632. The zero-order chi connectivity index (χ0) is 19.6. The number of hydrogen-bond donors (Lipinski definition) is 1. The van der Waals surface area contributed by atoms with Gasteiger partial charge < -0.3 is 33.5 Å². The van der Waals surface area contributed by atoms with Crippen molar-refractivity contribution in [2.45, 2.75) is 50.8 Å². The van der Waals surface area contributed by atoms with Gasteiger partial charge in [-0.1, -0.05) is 26.0 Å². The maximum Gasteiger partial charge on any atom is 0.308 e. The first-order valence-electron chi connectivity index (χ1n) is 8.92. The van der Waals surface area contributed by atoms with Crippen LogP contribution in [0.25, 0.3) is 0 Å². The largest absolute Gasteiger partial charge is 0.497 e. The van der Waals surface area contributed by atoms with Crippen LogP contribution in [0.2, 0.25) is 0 Å². The summed E-state index contributed by atoms with van der Waals surface area (Å²) < 4.78 is 33.4. The number of esters is 1. The molecular formula is C19H26O8.